The Kier molecular flexibility index (Phi) is 7.56. The third kappa shape index (κ3) is 6.31. The first kappa shape index (κ1) is 24.5. The maximum absolute atomic E-state index is 13.1. The second-order valence-electron chi connectivity index (χ2n) is 7.95. The van der Waals surface area contributed by atoms with E-state index >= 15 is 0 Å². The molecular weight excluding hydrogens is 477 g/mol. The van der Waals surface area contributed by atoms with Gasteiger partial charge in [-0.3, -0.25) is 0 Å². The lowest BCUT2D eigenvalue weighted by Gasteiger charge is -2.17. The van der Waals surface area contributed by atoms with Crippen LogP contribution in [0.3, 0.4) is 0 Å². The molecule has 0 saturated heterocycles. The van der Waals surface area contributed by atoms with Crippen molar-refractivity contribution in [3.63, 3.8) is 0 Å². The molecule has 1 heterocycles. The summed E-state index contributed by atoms with van der Waals surface area (Å²) in [5, 5.41) is 8.12. The number of hydrogen-bond acceptors (Lipinski definition) is 4. The zero-order valence-electron chi connectivity index (χ0n) is 18.8. The Morgan fingerprint density at radius 2 is 1.40 bits per heavy atom. The Bertz CT molecular complexity index is 1270. The topological polar surface area (TPSA) is 44.2 Å². The van der Waals surface area contributed by atoms with E-state index < -0.39 is 11.7 Å². The molecule has 0 aliphatic rings. The fourth-order valence-electron chi connectivity index (χ4n) is 3.45. The van der Waals surface area contributed by atoms with Crippen LogP contribution in [-0.4, -0.2) is 10.2 Å². The number of ether oxygens (including phenoxy) is 2. The van der Waals surface area contributed by atoms with Crippen LogP contribution in [0, 0.1) is 0 Å². The normalized spacial score (nSPS) is 12.3. The van der Waals surface area contributed by atoms with Gasteiger partial charge in [0.15, 0.2) is 5.75 Å². The molecule has 0 aliphatic heterocycles. The zero-order valence-corrected chi connectivity index (χ0v) is 19.6. The quantitative estimate of drug-likeness (QED) is 0.253. The molecule has 180 valence electrons. The summed E-state index contributed by atoms with van der Waals surface area (Å²) in [6, 6.07) is 24.6. The van der Waals surface area contributed by atoms with E-state index in [0.717, 1.165) is 17.2 Å². The molecule has 3 aromatic carbocycles. The van der Waals surface area contributed by atoms with E-state index in [-0.39, 0.29) is 30.0 Å². The van der Waals surface area contributed by atoms with Gasteiger partial charge < -0.3 is 9.47 Å². The number of halogens is 4. The Morgan fingerprint density at radius 3 is 1.97 bits per heavy atom. The van der Waals surface area contributed by atoms with Gasteiger partial charge in [0.1, 0.15) is 13.2 Å². The predicted molar refractivity (Wildman–Crippen MR) is 128 cm³/mol. The highest BCUT2D eigenvalue weighted by atomic mass is 35.5. The van der Waals surface area contributed by atoms with E-state index in [1.165, 1.54) is 12.1 Å². The first-order valence-electron chi connectivity index (χ1n) is 10.9. The van der Waals surface area contributed by atoms with Crippen molar-refractivity contribution in [1.29, 1.82) is 0 Å². The molecule has 0 saturated carbocycles. The Labute approximate surface area is 206 Å². The van der Waals surface area contributed by atoms with Crippen molar-refractivity contribution >= 4 is 11.6 Å². The number of nitrogens with zero attached hydrogens (tertiary/aromatic N) is 2. The number of benzene rings is 3. The molecule has 4 nitrogen and oxygen atoms in total. The van der Waals surface area contributed by atoms with Gasteiger partial charge in [-0.15, -0.1) is 5.10 Å². The molecule has 1 unspecified atom stereocenters. The third-order valence-electron chi connectivity index (χ3n) is 5.44. The molecule has 0 radical (unpaired) electrons. The maximum Gasteiger partial charge on any atom is 0.417 e. The van der Waals surface area contributed by atoms with E-state index in [1.54, 1.807) is 6.07 Å². The van der Waals surface area contributed by atoms with E-state index in [4.69, 9.17) is 21.1 Å². The summed E-state index contributed by atoms with van der Waals surface area (Å²) in [4.78, 5) is 0. The first-order valence-corrected chi connectivity index (χ1v) is 11.3. The number of aromatic nitrogens is 2. The van der Waals surface area contributed by atoms with E-state index in [1.807, 2.05) is 67.6 Å². The number of hydrogen-bond donors (Lipinski definition) is 0. The lowest BCUT2D eigenvalue weighted by Crippen LogP contribution is -2.09. The van der Waals surface area contributed by atoms with Gasteiger partial charge in [0, 0.05) is 12.0 Å². The summed E-state index contributed by atoms with van der Waals surface area (Å²) in [5.74, 6) is 0.232. The molecule has 0 spiro atoms. The molecular formula is C27H22ClF3N2O2. The van der Waals surface area contributed by atoms with Gasteiger partial charge in [0.05, 0.1) is 16.3 Å². The van der Waals surface area contributed by atoms with Crippen LogP contribution in [0.15, 0.2) is 84.9 Å². The number of rotatable bonds is 8. The van der Waals surface area contributed by atoms with Gasteiger partial charge in [0.2, 0.25) is 0 Å². The van der Waals surface area contributed by atoms with Crippen LogP contribution < -0.4 is 9.47 Å². The molecule has 8 heteroatoms. The van der Waals surface area contributed by atoms with Crippen molar-refractivity contribution in [2.45, 2.75) is 32.2 Å². The standard InChI is InChI=1S/C27H22ClF3N2O2/c1-18(21-12-13-22(23(28)14-21)27(29,30)31)24-15-25(34-16-19-8-4-2-5-9-19)26(33-32-24)35-17-20-10-6-3-7-11-20/h2-15,18H,16-17H2,1H3. The van der Waals surface area contributed by atoms with Crippen LogP contribution in [0.4, 0.5) is 13.2 Å². The molecule has 1 atom stereocenters. The van der Waals surface area contributed by atoms with Crippen molar-refractivity contribution in [2.24, 2.45) is 0 Å². The van der Waals surface area contributed by atoms with Crippen LogP contribution in [0.2, 0.25) is 5.02 Å². The Hall–Kier alpha value is -3.58. The van der Waals surface area contributed by atoms with E-state index in [2.05, 4.69) is 10.2 Å². The molecule has 4 rings (SSSR count). The minimum atomic E-state index is -4.52. The first-order chi connectivity index (χ1) is 16.8. The Morgan fingerprint density at radius 1 is 0.800 bits per heavy atom. The largest absolute Gasteiger partial charge is 0.483 e. The van der Waals surface area contributed by atoms with E-state index in [9.17, 15) is 13.2 Å². The van der Waals surface area contributed by atoms with Crippen molar-refractivity contribution in [3.8, 4) is 11.6 Å². The summed E-state index contributed by atoms with van der Waals surface area (Å²) in [6.45, 7) is 2.38. The highest BCUT2D eigenvalue weighted by Crippen LogP contribution is 2.37. The van der Waals surface area contributed by atoms with Gasteiger partial charge in [-0.2, -0.15) is 18.3 Å². The van der Waals surface area contributed by atoms with Crippen LogP contribution in [0.5, 0.6) is 11.6 Å². The number of alkyl halides is 3. The molecule has 1 aromatic heterocycles. The summed E-state index contributed by atoms with van der Waals surface area (Å²) >= 11 is 5.92. The average molecular weight is 499 g/mol. The minimum absolute atomic E-state index is 0.228. The highest BCUT2D eigenvalue weighted by molar-refractivity contribution is 6.31. The maximum atomic E-state index is 13.1. The average Bonchev–Trinajstić information content (AvgIpc) is 2.86. The lowest BCUT2D eigenvalue weighted by atomic mass is 9.96. The molecule has 0 aliphatic carbocycles. The summed E-state index contributed by atoms with van der Waals surface area (Å²) in [6.07, 6.45) is -4.52. The zero-order chi connectivity index (χ0) is 24.8. The predicted octanol–water partition coefficient (Wildman–Crippen LogP) is 7.46. The van der Waals surface area contributed by atoms with Crippen LogP contribution in [0.1, 0.15) is 40.8 Å². The van der Waals surface area contributed by atoms with Gasteiger partial charge in [-0.1, -0.05) is 85.3 Å². The van der Waals surface area contributed by atoms with Crippen LogP contribution in [-0.2, 0) is 19.4 Å². The van der Waals surface area contributed by atoms with Crippen LogP contribution in [0.25, 0.3) is 0 Å². The van der Waals surface area contributed by atoms with Crippen molar-refractivity contribution < 1.29 is 22.6 Å². The Balaban J connectivity index is 1.60. The molecule has 0 fully saturated rings. The van der Waals surface area contributed by atoms with Crippen LogP contribution >= 0.6 is 11.6 Å². The van der Waals surface area contributed by atoms with E-state index in [0.29, 0.717) is 17.0 Å². The smallest absolute Gasteiger partial charge is 0.417 e. The molecule has 35 heavy (non-hydrogen) atoms. The fourth-order valence-corrected chi connectivity index (χ4v) is 3.75. The monoisotopic (exact) mass is 498 g/mol. The molecule has 0 amide bonds. The van der Waals surface area contributed by atoms with Gasteiger partial charge in [-0.05, 0) is 28.8 Å². The molecule has 0 N–H and O–H groups in total. The lowest BCUT2D eigenvalue weighted by molar-refractivity contribution is -0.137. The third-order valence-corrected chi connectivity index (χ3v) is 5.76. The summed E-state index contributed by atoms with van der Waals surface area (Å²) < 4.78 is 51.2. The van der Waals surface area contributed by atoms with Gasteiger partial charge >= 0.3 is 6.18 Å². The molecule has 4 aromatic rings. The van der Waals surface area contributed by atoms with Gasteiger partial charge in [-0.25, -0.2) is 0 Å². The SMILES string of the molecule is CC(c1ccc(C(F)(F)F)c(Cl)c1)c1cc(OCc2ccccc2)c(OCc2ccccc2)nn1. The highest BCUT2D eigenvalue weighted by Gasteiger charge is 2.33. The summed E-state index contributed by atoms with van der Waals surface area (Å²) in [7, 11) is 0. The van der Waals surface area contributed by atoms with Crippen molar-refractivity contribution in [1.82, 2.24) is 10.2 Å². The molecule has 0 bridgehead atoms. The van der Waals surface area contributed by atoms with Crippen molar-refractivity contribution in [3.05, 3.63) is 118 Å². The second-order valence-corrected chi connectivity index (χ2v) is 8.35. The minimum Gasteiger partial charge on any atom is -0.483 e. The second kappa shape index (κ2) is 10.8. The summed E-state index contributed by atoms with van der Waals surface area (Å²) in [5.41, 5.74) is 2.13. The van der Waals surface area contributed by atoms with Crippen molar-refractivity contribution in [2.75, 3.05) is 0 Å². The van der Waals surface area contributed by atoms with Gasteiger partial charge in [0.25, 0.3) is 5.88 Å². The fraction of sp³-hybridized carbons (Fsp3) is 0.185.